The molecule has 1 heterocycles. The highest BCUT2D eigenvalue weighted by Gasteiger charge is 2.17. The number of anilines is 1. The molecule has 0 saturated carbocycles. The molecule has 0 atom stereocenters. The zero-order chi connectivity index (χ0) is 13.8. The Morgan fingerprint density at radius 2 is 2.00 bits per heavy atom. The van der Waals surface area contributed by atoms with Crippen LogP contribution in [0.1, 0.15) is 39.2 Å². The number of nitrogens with one attached hydrogen (secondary N) is 1. The van der Waals surface area contributed by atoms with Crippen LogP contribution in [0.5, 0.6) is 0 Å². The molecule has 0 aromatic heterocycles. The van der Waals surface area contributed by atoms with Gasteiger partial charge in [0.05, 0.1) is 10.7 Å². The molecule has 106 valence electrons. The Morgan fingerprint density at radius 1 is 1.32 bits per heavy atom. The van der Waals surface area contributed by atoms with E-state index in [1.807, 2.05) is 0 Å². The molecule has 0 bridgehead atoms. The van der Waals surface area contributed by atoms with Crippen molar-refractivity contribution in [3.63, 3.8) is 0 Å². The average Bonchev–Trinajstić information content (AvgIpc) is 2.38. The minimum atomic E-state index is 0.502. The maximum absolute atomic E-state index is 6.44. The summed E-state index contributed by atoms with van der Waals surface area (Å²) in [5, 5.41) is 4.31. The highest BCUT2D eigenvalue weighted by Crippen LogP contribution is 2.30. The van der Waals surface area contributed by atoms with Crippen LogP contribution < -0.4 is 10.2 Å². The lowest BCUT2D eigenvalue weighted by molar-refractivity contribution is 0.438. The lowest BCUT2D eigenvalue weighted by Crippen LogP contribution is -2.33. The van der Waals surface area contributed by atoms with Crippen molar-refractivity contribution in [1.29, 1.82) is 0 Å². The topological polar surface area (TPSA) is 15.3 Å². The number of benzene rings is 1. The van der Waals surface area contributed by atoms with Crippen LogP contribution in [0.15, 0.2) is 18.2 Å². The summed E-state index contributed by atoms with van der Waals surface area (Å²) in [5.74, 6) is 0.851. The van der Waals surface area contributed by atoms with Crippen LogP contribution in [0.3, 0.4) is 0 Å². The van der Waals surface area contributed by atoms with Gasteiger partial charge in [-0.15, -0.1) is 0 Å². The van der Waals surface area contributed by atoms with Crippen molar-refractivity contribution >= 4 is 17.3 Å². The summed E-state index contributed by atoms with van der Waals surface area (Å²) < 4.78 is 0. The van der Waals surface area contributed by atoms with E-state index in [1.54, 1.807) is 0 Å². The van der Waals surface area contributed by atoms with Crippen LogP contribution in [-0.4, -0.2) is 19.1 Å². The second-order valence-corrected chi connectivity index (χ2v) is 6.40. The molecule has 0 aliphatic carbocycles. The quantitative estimate of drug-likeness (QED) is 0.894. The zero-order valence-corrected chi connectivity index (χ0v) is 13.0. The van der Waals surface area contributed by atoms with Gasteiger partial charge in [-0.3, -0.25) is 0 Å². The number of hydrogen-bond donors (Lipinski definition) is 1. The second-order valence-electron chi connectivity index (χ2n) is 5.99. The third-order valence-electron chi connectivity index (χ3n) is 3.85. The highest BCUT2D eigenvalue weighted by atomic mass is 35.5. The Bertz CT molecular complexity index is 409. The Labute approximate surface area is 122 Å². The number of rotatable bonds is 4. The molecule has 1 aliphatic rings. The van der Waals surface area contributed by atoms with Crippen LogP contribution in [0.4, 0.5) is 5.69 Å². The molecule has 1 fully saturated rings. The molecule has 0 amide bonds. The lowest BCUT2D eigenvalue weighted by Gasteiger charge is -2.32. The van der Waals surface area contributed by atoms with Gasteiger partial charge < -0.3 is 10.2 Å². The molecule has 1 aliphatic heterocycles. The monoisotopic (exact) mass is 280 g/mol. The first-order valence-electron chi connectivity index (χ1n) is 7.33. The van der Waals surface area contributed by atoms with Gasteiger partial charge in [-0.2, -0.15) is 0 Å². The smallest absolute Gasteiger partial charge is 0.0642 e. The maximum atomic E-state index is 6.44. The molecule has 0 spiro atoms. The van der Waals surface area contributed by atoms with E-state index in [1.165, 1.54) is 24.1 Å². The van der Waals surface area contributed by atoms with Crippen LogP contribution in [0, 0.1) is 5.92 Å². The summed E-state index contributed by atoms with van der Waals surface area (Å²) in [6.45, 7) is 9.79. The largest absolute Gasteiger partial charge is 0.370 e. The van der Waals surface area contributed by atoms with Gasteiger partial charge in [-0.05, 0) is 36.5 Å². The minimum Gasteiger partial charge on any atom is -0.370 e. The van der Waals surface area contributed by atoms with Gasteiger partial charge in [0.2, 0.25) is 0 Å². The normalized spacial score (nSPS) is 17.2. The highest BCUT2D eigenvalue weighted by molar-refractivity contribution is 6.33. The third-order valence-corrected chi connectivity index (χ3v) is 4.15. The van der Waals surface area contributed by atoms with E-state index in [4.69, 9.17) is 11.6 Å². The van der Waals surface area contributed by atoms with E-state index < -0.39 is 0 Å². The van der Waals surface area contributed by atoms with Gasteiger partial charge in [-0.1, -0.05) is 38.4 Å². The average molecular weight is 281 g/mol. The number of piperidine rings is 1. The molecule has 0 unspecified atom stereocenters. The number of halogens is 1. The molecule has 1 aromatic rings. The molecule has 2 nitrogen and oxygen atoms in total. The Hall–Kier alpha value is -0.730. The van der Waals surface area contributed by atoms with Gasteiger partial charge >= 0.3 is 0 Å². The summed E-state index contributed by atoms with van der Waals surface area (Å²) in [6, 6.07) is 6.97. The second kappa shape index (κ2) is 6.62. The van der Waals surface area contributed by atoms with Gasteiger partial charge in [0.15, 0.2) is 0 Å². The fraction of sp³-hybridized carbons (Fsp3) is 0.625. The van der Waals surface area contributed by atoms with Crippen molar-refractivity contribution in [2.24, 2.45) is 5.92 Å². The Balaban J connectivity index is 2.02. The molecule has 1 saturated heterocycles. The van der Waals surface area contributed by atoms with Crippen molar-refractivity contribution < 1.29 is 0 Å². The number of hydrogen-bond acceptors (Lipinski definition) is 2. The van der Waals surface area contributed by atoms with Gasteiger partial charge in [0.25, 0.3) is 0 Å². The van der Waals surface area contributed by atoms with Crippen LogP contribution in [0.2, 0.25) is 5.02 Å². The van der Waals surface area contributed by atoms with Crippen molar-refractivity contribution in [1.82, 2.24) is 5.32 Å². The summed E-state index contributed by atoms with van der Waals surface area (Å²) >= 11 is 6.44. The minimum absolute atomic E-state index is 0.502. The van der Waals surface area contributed by atoms with E-state index in [0.29, 0.717) is 6.04 Å². The summed E-state index contributed by atoms with van der Waals surface area (Å²) in [4.78, 5) is 2.42. The molecular weight excluding hydrogens is 256 g/mol. The van der Waals surface area contributed by atoms with E-state index in [9.17, 15) is 0 Å². The first kappa shape index (κ1) is 14.7. The molecule has 19 heavy (non-hydrogen) atoms. The molecule has 1 N–H and O–H groups in total. The fourth-order valence-electron chi connectivity index (χ4n) is 2.49. The molecule has 1 aromatic carbocycles. The van der Waals surface area contributed by atoms with E-state index in [0.717, 1.165) is 30.6 Å². The van der Waals surface area contributed by atoms with Gasteiger partial charge in [-0.25, -0.2) is 0 Å². The van der Waals surface area contributed by atoms with Crippen molar-refractivity contribution in [3.05, 3.63) is 28.8 Å². The fourth-order valence-corrected chi connectivity index (χ4v) is 2.81. The molecule has 3 heteroatoms. The van der Waals surface area contributed by atoms with Crippen molar-refractivity contribution in [2.75, 3.05) is 18.0 Å². The van der Waals surface area contributed by atoms with Gasteiger partial charge in [0.1, 0.15) is 0 Å². The SMILES string of the molecule is CC1CCN(c2ccc(CNC(C)C)cc2Cl)CC1. The van der Waals surface area contributed by atoms with Crippen molar-refractivity contribution in [3.8, 4) is 0 Å². The lowest BCUT2D eigenvalue weighted by atomic mass is 9.98. The first-order chi connectivity index (χ1) is 9.06. The summed E-state index contributed by atoms with van der Waals surface area (Å²) in [6.07, 6.45) is 2.54. The predicted molar refractivity (Wildman–Crippen MR) is 84.0 cm³/mol. The third kappa shape index (κ3) is 4.12. The van der Waals surface area contributed by atoms with E-state index >= 15 is 0 Å². The molecule has 2 rings (SSSR count). The van der Waals surface area contributed by atoms with E-state index in [2.05, 4.69) is 49.2 Å². The predicted octanol–water partition coefficient (Wildman–Crippen LogP) is 4.07. The first-order valence-corrected chi connectivity index (χ1v) is 7.71. The van der Waals surface area contributed by atoms with Crippen molar-refractivity contribution in [2.45, 2.75) is 46.2 Å². The molecule has 0 radical (unpaired) electrons. The van der Waals surface area contributed by atoms with Gasteiger partial charge in [0, 0.05) is 25.7 Å². The maximum Gasteiger partial charge on any atom is 0.0642 e. The standard InChI is InChI=1S/C16H25ClN2/c1-12(2)18-11-14-4-5-16(15(17)10-14)19-8-6-13(3)7-9-19/h4-5,10,12-13,18H,6-9,11H2,1-3H3. The summed E-state index contributed by atoms with van der Waals surface area (Å²) in [5.41, 5.74) is 2.45. The summed E-state index contributed by atoms with van der Waals surface area (Å²) in [7, 11) is 0. The molecular formula is C16H25ClN2. The van der Waals surface area contributed by atoms with Crippen LogP contribution in [0.25, 0.3) is 0 Å². The van der Waals surface area contributed by atoms with Crippen LogP contribution >= 0.6 is 11.6 Å². The van der Waals surface area contributed by atoms with Crippen LogP contribution in [-0.2, 0) is 6.54 Å². The number of nitrogens with zero attached hydrogens (tertiary/aromatic N) is 1. The zero-order valence-electron chi connectivity index (χ0n) is 12.2. The Kier molecular flexibility index (Phi) is 5.12. The Morgan fingerprint density at radius 3 is 2.58 bits per heavy atom. The van der Waals surface area contributed by atoms with E-state index in [-0.39, 0.29) is 0 Å².